The van der Waals surface area contributed by atoms with E-state index in [0.717, 1.165) is 45.1 Å². The molecule has 0 saturated heterocycles. The first-order chi connectivity index (χ1) is 6.20. The van der Waals surface area contributed by atoms with Gasteiger partial charge < -0.3 is 10.5 Å². The highest BCUT2D eigenvalue weighted by atomic mass is 16.5. The molecule has 0 atom stereocenters. The van der Waals surface area contributed by atoms with E-state index >= 15 is 0 Å². The van der Waals surface area contributed by atoms with E-state index in [1.165, 1.54) is 0 Å². The smallest absolute Gasteiger partial charge is 0.0576 e. The Kier molecular flexibility index (Phi) is 4.20. The van der Waals surface area contributed by atoms with E-state index in [1.807, 2.05) is 0 Å². The van der Waals surface area contributed by atoms with Gasteiger partial charge in [0, 0.05) is 12.1 Å². The summed E-state index contributed by atoms with van der Waals surface area (Å²) in [6, 6.07) is 0. The van der Waals surface area contributed by atoms with Crippen LogP contribution < -0.4 is 5.73 Å². The summed E-state index contributed by atoms with van der Waals surface area (Å²) in [5, 5.41) is 0. The molecule has 0 aliphatic heterocycles. The van der Waals surface area contributed by atoms with Gasteiger partial charge in [-0.1, -0.05) is 13.8 Å². The predicted octanol–water partition coefficient (Wildman–Crippen LogP) is 2.46. The highest BCUT2D eigenvalue weighted by Gasteiger charge is 2.29. The molecule has 1 fully saturated rings. The van der Waals surface area contributed by atoms with Crippen molar-refractivity contribution < 1.29 is 4.74 Å². The molecule has 1 saturated carbocycles. The van der Waals surface area contributed by atoms with Gasteiger partial charge in [-0.2, -0.15) is 0 Å². The Labute approximate surface area is 81.8 Å². The van der Waals surface area contributed by atoms with Crippen LogP contribution in [0.5, 0.6) is 0 Å². The molecular formula is C11H23NO. The van der Waals surface area contributed by atoms with Crippen LogP contribution >= 0.6 is 0 Å². The predicted molar refractivity (Wildman–Crippen MR) is 55.7 cm³/mol. The summed E-state index contributed by atoms with van der Waals surface area (Å²) in [5.74, 6) is 0. The van der Waals surface area contributed by atoms with E-state index in [4.69, 9.17) is 10.5 Å². The molecule has 0 spiro atoms. The molecule has 0 amide bonds. The monoisotopic (exact) mass is 185 g/mol. The largest absolute Gasteiger partial charge is 0.378 e. The van der Waals surface area contributed by atoms with E-state index in [0.29, 0.717) is 6.10 Å². The summed E-state index contributed by atoms with van der Waals surface area (Å²) in [6.45, 7) is 5.25. The van der Waals surface area contributed by atoms with Crippen molar-refractivity contribution in [2.45, 2.75) is 64.0 Å². The molecule has 1 aliphatic carbocycles. The van der Waals surface area contributed by atoms with Crippen molar-refractivity contribution in [3.8, 4) is 0 Å². The van der Waals surface area contributed by atoms with E-state index in [1.54, 1.807) is 0 Å². The van der Waals surface area contributed by atoms with Crippen molar-refractivity contribution in [2.75, 3.05) is 6.61 Å². The second-order valence-corrected chi connectivity index (χ2v) is 4.29. The third kappa shape index (κ3) is 3.28. The molecule has 0 aromatic carbocycles. The maximum absolute atomic E-state index is 6.19. The Hall–Kier alpha value is -0.0800. The molecular weight excluding hydrogens is 162 g/mol. The van der Waals surface area contributed by atoms with Crippen LogP contribution in [-0.4, -0.2) is 18.2 Å². The van der Waals surface area contributed by atoms with Crippen molar-refractivity contribution in [3.05, 3.63) is 0 Å². The minimum Gasteiger partial charge on any atom is -0.378 e. The molecule has 2 heteroatoms. The Bertz CT molecular complexity index is 139. The fourth-order valence-corrected chi connectivity index (χ4v) is 1.97. The fourth-order valence-electron chi connectivity index (χ4n) is 1.97. The molecule has 0 heterocycles. The van der Waals surface area contributed by atoms with Gasteiger partial charge in [-0.15, -0.1) is 0 Å². The van der Waals surface area contributed by atoms with Crippen molar-refractivity contribution in [3.63, 3.8) is 0 Å². The summed E-state index contributed by atoms with van der Waals surface area (Å²) in [4.78, 5) is 0. The van der Waals surface area contributed by atoms with Gasteiger partial charge in [-0.05, 0) is 38.5 Å². The summed E-state index contributed by atoms with van der Waals surface area (Å²) in [7, 11) is 0. The molecule has 2 N–H and O–H groups in total. The normalized spacial score (nSPS) is 34.8. The third-order valence-electron chi connectivity index (χ3n) is 3.19. The van der Waals surface area contributed by atoms with Crippen LogP contribution in [0.3, 0.4) is 0 Å². The van der Waals surface area contributed by atoms with Gasteiger partial charge in [0.25, 0.3) is 0 Å². The SMILES string of the molecule is CCCOC1CCC(N)(CC)CC1. The Morgan fingerprint density at radius 2 is 1.92 bits per heavy atom. The number of nitrogens with two attached hydrogens (primary N) is 1. The van der Waals surface area contributed by atoms with E-state index in [9.17, 15) is 0 Å². The molecule has 0 radical (unpaired) electrons. The minimum atomic E-state index is 0.117. The highest BCUT2D eigenvalue weighted by molar-refractivity contribution is 4.88. The first-order valence-corrected chi connectivity index (χ1v) is 5.60. The standard InChI is InChI=1S/C11H23NO/c1-3-9-13-10-5-7-11(12,4-2)8-6-10/h10H,3-9,12H2,1-2H3. The minimum absolute atomic E-state index is 0.117. The first kappa shape index (κ1) is 11.0. The van der Waals surface area contributed by atoms with E-state index < -0.39 is 0 Å². The van der Waals surface area contributed by atoms with Gasteiger partial charge in [0.15, 0.2) is 0 Å². The number of hydrogen-bond acceptors (Lipinski definition) is 2. The van der Waals surface area contributed by atoms with Crippen molar-refractivity contribution in [1.29, 1.82) is 0 Å². The number of rotatable bonds is 4. The first-order valence-electron chi connectivity index (χ1n) is 5.60. The maximum atomic E-state index is 6.19. The summed E-state index contributed by atoms with van der Waals surface area (Å²) in [5.41, 5.74) is 6.31. The van der Waals surface area contributed by atoms with Crippen LogP contribution in [-0.2, 0) is 4.74 Å². The molecule has 0 unspecified atom stereocenters. The number of hydrogen-bond donors (Lipinski definition) is 1. The molecule has 0 bridgehead atoms. The van der Waals surface area contributed by atoms with Gasteiger partial charge in [-0.25, -0.2) is 0 Å². The lowest BCUT2D eigenvalue weighted by Crippen LogP contribution is -2.44. The summed E-state index contributed by atoms with van der Waals surface area (Å²) < 4.78 is 5.71. The zero-order valence-corrected chi connectivity index (χ0v) is 9.01. The zero-order chi connectivity index (χ0) is 9.73. The van der Waals surface area contributed by atoms with Crippen LogP contribution in [0.15, 0.2) is 0 Å². The van der Waals surface area contributed by atoms with Crippen molar-refractivity contribution >= 4 is 0 Å². The van der Waals surface area contributed by atoms with Gasteiger partial charge in [-0.3, -0.25) is 0 Å². The molecule has 13 heavy (non-hydrogen) atoms. The molecule has 0 aromatic heterocycles. The quantitative estimate of drug-likeness (QED) is 0.730. The lowest BCUT2D eigenvalue weighted by Gasteiger charge is -2.36. The molecule has 1 aliphatic rings. The molecule has 0 aromatic rings. The van der Waals surface area contributed by atoms with Crippen LogP contribution in [0, 0.1) is 0 Å². The zero-order valence-electron chi connectivity index (χ0n) is 9.01. The highest BCUT2D eigenvalue weighted by Crippen LogP contribution is 2.30. The van der Waals surface area contributed by atoms with Gasteiger partial charge in [0.2, 0.25) is 0 Å². The lowest BCUT2D eigenvalue weighted by molar-refractivity contribution is 0.0132. The lowest BCUT2D eigenvalue weighted by atomic mass is 9.79. The van der Waals surface area contributed by atoms with E-state index in [2.05, 4.69) is 13.8 Å². The van der Waals surface area contributed by atoms with Gasteiger partial charge >= 0.3 is 0 Å². The second kappa shape index (κ2) is 4.97. The van der Waals surface area contributed by atoms with Crippen LogP contribution in [0.2, 0.25) is 0 Å². The van der Waals surface area contributed by atoms with Crippen molar-refractivity contribution in [2.24, 2.45) is 5.73 Å². The van der Waals surface area contributed by atoms with Gasteiger partial charge in [0.05, 0.1) is 6.10 Å². The maximum Gasteiger partial charge on any atom is 0.0576 e. The van der Waals surface area contributed by atoms with Crippen LogP contribution in [0.25, 0.3) is 0 Å². The average molecular weight is 185 g/mol. The summed E-state index contributed by atoms with van der Waals surface area (Å²) in [6.07, 6.45) is 7.30. The van der Waals surface area contributed by atoms with Crippen molar-refractivity contribution in [1.82, 2.24) is 0 Å². The Morgan fingerprint density at radius 1 is 1.31 bits per heavy atom. The van der Waals surface area contributed by atoms with Crippen LogP contribution in [0.1, 0.15) is 52.4 Å². The van der Waals surface area contributed by atoms with E-state index in [-0.39, 0.29) is 5.54 Å². The topological polar surface area (TPSA) is 35.2 Å². The summed E-state index contributed by atoms with van der Waals surface area (Å²) >= 11 is 0. The molecule has 1 rings (SSSR count). The van der Waals surface area contributed by atoms with Crippen LogP contribution in [0.4, 0.5) is 0 Å². The molecule has 2 nitrogen and oxygen atoms in total. The van der Waals surface area contributed by atoms with Gasteiger partial charge in [0.1, 0.15) is 0 Å². The Morgan fingerprint density at radius 3 is 2.38 bits per heavy atom. The average Bonchev–Trinajstić information content (AvgIpc) is 2.17. The molecule has 78 valence electrons. The second-order valence-electron chi connectivity index (χ2n) is 4.29. The third-order valence-corrected chi connectivity index (χ3v) is 3.19. The fraction of sp³-hybridized carbons (Fsp3) is 1.00. The Balaban J connectivity index is 2.22. The number of ether oxygens (including phenoxy) is 1.